The number of methoxy groups -OCH3 is 3. The molecule has 0 saturated heterocycles. The van der Waals surface area contributed by atoms with Gasteiger partial charge in [-0.1, -0.05) is 23.7 Å². The van der Waals surface area contributed by atoms with E-state index in [4.69, 9.17) is 25.8 Å². The molecule has 3 aromatic carbocycles. The van der Waals surface area contributed by atoms with E-state index in [0.29, 0.717) is 45.2 Å². The number of aromatic nitrogens is 2. The van der Waals surface area contributed by atoms with Crippen molar-refractivity contribution >= 4 is 38.8 Å². The van der Waals surface area contributed by atoms with Crippen molar-refractivity contribution in [3.8, 4) is 28.5 Å². The topological polar surface area (TPSA) is 112 Å². The highest BCUT2D eigenvalue weighted by atomic mass is 35.5. The number of ether oxygens (including phenoxy) is 3. The van der Waals surface area contributed by atoms with E-state index in [2.05, 4.69) is 20.0 Å². The Bertz CT molecular complexity index is 1440. The van der Waals surface area contributed by atoms with Crippen LogP contribution in [0.2, 0.25) is 5.02 Å². The number of hydrogen-bond acceptors (Lipinski definition) is 8. The molecule has 0 saturated carbocycles. The molecule has 0 unspecified atom stereocenters. The molecular formula is C25H23ClN4O5S. The zero-order valence-corrected chi connectivity index (χ0v) is 21.2. The number of rotatable bonds is 9. The van der Waals surface area contributed by atoms with Crippen molar-refractivity contribution < 1.29 is 22.6 Å². The maximum Gasteiger partial charge on any atom is 0.261 e. The van der Waals surface area contributed by atoms with E-state index in [-0.39, 0.29) is 4.90 Å². The van der Waals surface area contributed by atoms with Crippen LogP contribution in [0.25, 0.3) is 11.3 Å². The molecule has 0 aliphatic carbocycles. The molecule has 1 heterocycles. The molecule has 36 heavy (non-hydrogen) atoms. The Hall–Kier alpha value is -4.02. The Morgan fingerprint density at radius 1 is 0.806 bits per heavy atom. The molecule has 4 aromatic rings. The summed E-state index contributed by atoms with van der Waals surface area (Å²) in [6, 6.07) is 16.3. The number of nitrogens with one attached hydrogen (secondary N) is 2. The molecular weight excluding hydrogens is 504 g/mol. The van der Waals surface area contributed by atoms with Crippen molar-refractivity contribution in [3.63, 3.8) is 0 Å². The van der Waals surface area contributed by atoms with Crippen molar-refractivity contribution in [1.29, 1.82) is 0 Å². The number of anilines is 3. The van der Waals surface area contributed by atoms with Crippen LogP contribution in [-0.4, -0.2) is 39.7 Å². The second-order valence-corrected chi connectivity index (χ2v) is 9.58. The van der Waals surface area contributed by atoms with Crippen molar-refractivity contribution in [1.82, 2.24) is 9.97 Å². The minimum absolute atomic E-state index is 0.118. The van der Waals surface area contributed by atoms with Crippen LogP contribution in [0.1, 0.15) is 0 Å². The van der Waals surface area contributed by atoms with Gasteiger partial charge in [-0.15, -0.1) is 0 Å². The molecule has 0 aliphatic heterocycles. The van der Waals surface area contributed by atoms with Crippen LogP contribution in [0.4, 0.5) is 17.2 Å². The van der Waals surface area contributed by atoms with Crippen LogP contribution >= 0.6 is 11.6 Å². The van der Waals surface area contributed by atoms with Gasteiger partial charge in [0.15, 0.2) is 11.5 Å². The number of benzene rings is 3. The van der Waals surface area contributed by atoms with E-state index >= 15 is 0 Å². The number of nitrogens with zero attached hydrogens (tertiary/aromatic N) is 2. The first kappa shape index (κ1) is 25.1. The predicted molar refractivity (Wildman–Crippen MR) is 139 cm³/mol. The molecule has 9 nitrogen and oxygen atoms in total. The van der Waals surface area contributed by atoms with E-state index in [0.717, 1.165) is 5.56 Å². The molecule has 0 fully saturated rings. The van der Waals surface area contributed by atoms with Gasteiger partial charge in [0.25, 0.3) is 10.0 Å². The lowest BCUT2D eigenvalue weighted by atomic mass is 10.1. The Labute approximate surface area is 214 Å². The maximum atomic E-state index is 12.6. The lowest BCUT2D eigenvalue weighted by Gasteiger charge is -2.15. The van der Waals surface area contributed by atoms with Gasteiger partial charge in [0.2, 0.25) is 5.75 Å². The van der Waals surface area contributed by atoms with Gasteiger partial charge in [-0.05, 0) is 36.4 Å². The van der Waals surface area contributed by atoms with Gasteiger partial charge in [-0.2, -0.15) is 0 Å². The summed E-state index contributed by atoms with van der Waals surface area (Å²) in [6.45, 7) is 0. The van der Waals surface area contributed by atoms with Gasteiger partial charge in [0.1, 0.15) is 5.82 Å². The molecule has 0 amide bonds. The summed E-state index contributed by atoms with van der Waals surface area (Å²) >= 11 is 5.85. The second-order valence-electron chi connectivity index (χ2n) is 7.47. The summed E-state index contributed by atoms with van der Waals surface area (Å²) in [5, 5.41) is 3.65. The van der Waals surface area contributed by atoms with Crippen molar-refractivity contribution in [2.45, 2.75) is 4.90 Å². The Kier molecular flexibility index (Phi) is 7.47. The van der Waals surface area contributed by atoms with Crippen LogP contribution in [0.5, 0.6) is 17.2 Å². The predicted octanol–water partition coefficient (Wildman–Crippen LogP) is 5.37. The number of sulfonamides is 1. The third kappa shape index (κ3) is 5.61. The molecule has 4 rings (SSSR count). The maximum absolute atomic E-state index is 12.6. The molecule has 0 spiro atoms. The molecule has 0 aliphatic rings. The van der Waals surface area contributed by atoms with Crippen LogP contribution in [-0.2, 0) is 10.0 Å². The summed E-state index contributed by atoms with van der Waals surface area (Å²) in [4.78, 5) is 9.00. The highest BCUT2D eigenvalue weighted by Crippen LogP contribution is 2.40. The second kappa shape index (κ2) is 10.7. The average Bonchev–Trinajstić information content (AvgIpc) is 2.88. The molecule has 186 valence electrons. The fourth-order valence-electron chi connectivity index (χ4n) is 3.40. The SMILES string of the molecule is COc1cc(Nc2cncc(-c3ccc(NS(=O)(=O)c4ccc(Cl)cc4)cc3)n2)cc(OC)c1OC. The molecule has 1 aromatic heterocycles. The Balaban J connectivity index is 1.53. The monoisotopic (exact) mass is 526 g/mol. The first-order valence-electron chi connectivity index (χ1n) is 10.6. The highest BCUT2D eigenvalue weighted by Gasteiger charge is 2.15. The van der Waals surface area contributed by atoms with E-state index in [1.165, 1.54) is 31.4 Å². The van der Waals surface area contributed by atoms with Gasteiger partial charge in [-0.25, -0.2) is 13.4 Å². The average molecular weight is 527 g/mol. The number of halogens is 1. The van der Waals surface area contributed by atoms with Crippen LogP contribution in [0.15, 0.2) is 78.0 Å². The van der Waals surface area contributed by atoms with E-state index in [1.807, 2.05) is 0 Å². The molecule has 0 bridgehead atoms. The standard InChI is InChI=1S/C25H23ClN4O5S/c1-33-22-12-19(13-23(34-2)25(22)35-3)28-24-15-27-14-21(29-24)16-4-8-18(9-5-16)30-36(31,32)20-10-6-17(26)7-11-20/h4-15,30H,1-3H3,(H,28,29). The quantitative estimate of drug-likeness (QED) is 0.299. The van der Waals surface area contributed by atoms with Gasteiger partial charge in [-0.3, -0.25) is 9.71 Å². The van der Waals surface area contributed by atoms with Crippen molar-refractivity contribution in [3.05, 3.63) is 78.1 Å². The Morgan fingerprint density at radius 3 is 2.03 bits per heavy atom. The van der Waals surface area contributed by atoms with Gasteiger partial charge < -0.3 is 19.5 Å². The third-order valence-electron chi connectivity index (χ3n) is 5.13. The fraction of sp³-hybridized carbons (Fsp3) is 0.120. The third-order valence-corrected chi connectivity index (χ3v) is 6.78. The molecule has 0 radical (unpaired) electrons. The van der Waals surface area contributed by atoms with Crippen molar-refractivity contribution in [2.24, 2.45) is 0 Å². The molecule has 0 atom stereocenters. The van der Waals surface area contributed by atoms with Gasteiger partial charge in [0.05, 0.1) is 44.3 Å². The minimum atomic E-state index is -3.74. The first-order valence-corrected chi connectivity index (χ1v) is 12.5. The lowest BCUT2D eigenvalue weighted by Crippen LogP contribution is -2.12. The summed E-state index contributed by atoms with van der Waals surface area (Å²) < 4.78 is 43.9. The van der Waals surface area contributed by atoms with E-state index < -0.39 is 10.0 Å². The largest absolute Gasteiger partial charge is 0.493 e. The summed E-state index contributed by atoms with van der Waals surface area (Å²) in [6.07, 6.45) is 3.20. The normalized spacial score (nSPS) is 11.0. The zero-order chi connectivity index (χ0) is 25.7. The van der Waals surface area contributed by atoms with E-state index in [9.17, 15) is 8.42 Å². The smallest absolute Gasteiger partial charge is 0.261 e. The van der Waals surface area contributed by atoms with Crippen LogP contribution in [0.3, 0.4) is 0 Å². The van der Waals surface area contributed by atoms with Gasteiger partial charge >= 0.3 is 0 Å². The summed E-state index contributed by atoms with van der Waals surface area (Å²) in [5.41, 5.74) is 2.43. The summed E-state index contributed by atoms with van der Waals surface area (Å²) in [7, 11) is 0.881. The lowest BCUT2D eigenvalue weighted by molar-refractivity contribution is 0.324. The first-order chi connectivity index (χ1) is 17.3. The van der Waals surface area contributed by atoms with Crippen molar-refractivity contribution in [2.75, 3.05) is 31.4 Å². The van der Waals surface area contributed by atoms with E-state index in [1.54, 1.807) is 63.0 Å². The minimum Gasteiger partial charge on any atom is -0.493 e. The molecule has 2 N–H and O–H groups in total. The van der Waals surface area contributed by atoms with Gasteiger partial charge in [0, 0.05) is 34.1 Å². The summed E-state index contributed by atoms with van der Waals surface area (Å²) in [5.74, 6) is 1.98. The Morgan fingerprint density at radius 2 is 1.44 bits per heavy atom. The highest BCUT2D eigenvalue weighted by molar-refractivity contribution is 7.92. The molecule has 11 heteroatoms. The van der Waals surface area contributed by atoms with Crippen LogP contribution < -0.4 is 24.2 Å². The van der Waals surface area contributed by atoms with Crippen LogP contribution in [0, 0.1) is 0 Å². The zero-order valence-electron chi connectivity index (χ0n) is 19.7. The number of hydrogen-bond donors (Lipinski definition) is 2. The fourth-order valence-corrected chi connectivity index (χ4v) is 4.59.